The maximum atomic E-state index is 11.8. The van der Waals surface area contributed by atoms with Crippen molar-refractivity contribution in [2.24, 2.45) is 5.10 Å². The molecule has 0 spiro atoms. The highest BCUT2D eigenvalue weighted by molar-refractivity contribution is 7.13. The summed E-state index contributed by atoms with van der Waals surface area (Å²) in [5.74, 6) is 1.07. The fourth-order valence-corrected chi connectivity index (χ4v) is 2.34. The van der Waals surface area contributed by atoms with Crippen LogP contribution in [0.1, 0.15) is 31.6 Å². The zero-order valence-corrected chi connectivity index (χ0v) is 11.3. The number of carbonyl (C=O) groups excluding carboxylic acids is 1. The molecule has 2 rings (SSSR count). The van der Waals surface area contributed by atoms with E-state index in [1.807, 2.05) is 26.0 Å². The van der Waals surface area contributed by atoms with Gasteiger partial charge in [0.2, 0.25) is 0 Å². The van der Waals surface area contributed by atoms with Gasteiger partial charge in [0, 0.05) is 9.75 Å². The fraction of sp³-hybridized carbons (Fsp3) is 0.231. The van der Waals surface area contributed by atoms with Crippen molar-refractivity contribution in [1.82, 2.24) is 5.43 Å². The lowest BCUT2D eigenvalue weighted by molar-refractivity contribution is 0.0953. The van der Waals surface area contributed by atoms with E-state index in [9.17, 15) is 4.79 Å². The Morgan fingerprint density at radius 3 is 2.72 bits per heavy atom. The third-order valence-corrected chi connectivity index (χ3v) is 3.34. The Kier molecular flexibility index (Phi) is 3.62. The van der Waals surface area contributed by atoms with E-state index in [1.165, 1.54) is 4.88 Å². The largest absolute Gasteiger partial charge is 0.466 e. The summed E-state index contributed by atoms with van der Waals surface area (Å²) in [6.45, 7) is 5.59. The van der Waals surface area contributed by atoms with Gasteiger partial charge in [-0.3, -0.25) is 4.79 Å². The second-order valence-corrected chi connectivity index (χ2v) is 5.29. The quantitative estimate of drug-likeness (QED) is 0.682. The number of furan rings is 1. The maximum absolute atomic E-state index is 11.8. The first-order chi connectivity index (χ1) is 8.56. The SMILES string of the molecule is Cc1cc(C(=O)N/N=C/c2ccc(C)s2)c(C)o1. The topological polar surface area (TPSA) is 54.6 Å². The van der Waals surface area contributed by atoms with Gasteiger partial charge in [0.1, 0.15) is 11.5 Å². The van der Waals surface area contributed by atoms with Gasteiger partial charge in [-0.1, -0.05) is 0 Å². The molecule has 18 heavy (non-hydrogen) atoms. The van der Waals surface area contributed by atoms with Crippen molar-refractivity contribution in [3.05, 3.63) is 45.0 Å². The van der Waals surface area contributed by atoms with Crippen molar-refractivity contribution < 1.29 is 9.21 Å². The van der Waals surface area contributed by atoms with E-state index in [4.69, 9.17) is 4.42 Å². The minimum Gasteiger partial charge on any atom is -0.466 e. The molecule has 0 unspecified atom stereocenters. The van der Waals surface area contributed by atoms with Crippen LogP contribution in [-0.4, -0.2) is 12.1 Å². The van der Waals surface area contributed by atoms with Crippen LogP contribution in [0.3, 0.4) is 0 Å². The number of thiophene rings is 1. The standard InChI is InChI=1S/C13H14N2O2S/c1-8-6-12(10(3)17-8)13(16)15-14-7-11-5-4-9(2)18-11/h4-7H,1-3H3,(H,15,16)/b14-7+. The summed E-state index contributed by atoms with van der Waals surface area (Å²) in [4.78, 5) is 14.0. The Balaban J connectivity index is 2.00. The van der Waals surface area contributed by atoms with Crippen LogP contribution in [-0.2, 0) is 0 Å². The van der Waals surface area contributed by atoms with Gasteiger partial charge < -0.3 is 4.42 Å². The third kappa shape index (κ3) is 2.87. The molecule has 1 N–H and O–H groups in total. The molecular formula is C13H14N2O2S. The van der Waals surface area contributed by atoms with Gasteiger partial charge in [0.15, 0.2) is 0 Å². The zero-order valence-electron chi connectivity index (χ0n) is 10.5. The van der Waals surface area contributed by atoms with Gasteiger partial charge in [0.25, 0.3) is 5.91 Å². The molecule has 0 fully saturated rings. The first-order valence-corrected chi connectivity index (χ1v) is 6.35. The van der Waals surface area contributed by atoms with Crippen molar-refractivity contribution in [3.63, 3.8) is 0 Å². The molecule has 2 heterocycles. The molecule has 5 heteroatoms. The van der Waals surface area contributed by atoms with Crippen molar-refractivity contribution in [3.8, 4) is 0 Å². The molecule has 0 atom stereocenters. The number of hydrogen-bond donors (Lipinski definition) is 1. The van der Waals surface area contributed by atoms with Crippen LogP contribution in [0.5, 0.6) is 0 Å². The molecule has 0 aliphatic rings. The molecule has 2 aromatic heterocycles. The highest BCUT2D eigenvalue weighted by Gasteiger charge is 2.12. The molecule has 0 aliphatic heterocycles. The Bertz CT molecular complexity index is 596. The molecular weight excluding hydrogens is 248 g/mol. The van der Waals surface area contributed by atoms with E-state index in [2.05, 4.69) is 10.5 Å². The first kappa shape index (κ1) is 12.6. The van der Waals surface area contributed by atoms with Gasteiger partial charge in [-0.25, -0.2) is 5.43 Å². The van der Waals surface area contributed by atoms with Crippen LogP contribution < -0.4 is 5.43 Å². The van der Waals surface area contributed by atoms with Gasteiger partial charge in [-0.15, -0.1) is 11.3 Å². The first-order valence-electron chi connectivity index (χ1n) is 5.53. The summed E-state index contributed by atoms with van der Waals surface area (Å²) >= 11 is 1.62. The number of rotatable bonds is 3. The third-order valence-electron chi connectivity index (χ3n) is 2.40. The lowest BCUT2D eigenvalue weighted by Gasteiger charge is -1.96. The molecule has 94 valence electrons. The predicted octanol–water partition coefficient (Wildman–Crippen LogP) is 3.03. The van der Waals surface area contributed by atoms with Gasteiger partial charge in [-0.2, -0.15) is 5.10 Å². The van der Waals surface area contributed by atoms with Crippen LogP contribution in [0.4, 0.5) is 0 Å². The molecule has 0 aliphatic carbocycles. The minimum atomic E-state index is -0.256. The number of aryl methyl sites for hydroxylation is 3. The summed E-state index contributed by atoms with van der Waals surface area (Å²) in [6.07, 6.45) is 1.64. The molecule has 0 saturated heterocycles. The van der Waals surface area contributed by atoms with E-state index in [1.54, 1.807) is 30.5 Å². The Morgan fingerprint density at radius 2 is 2.17 bits per heavy atom. The predicted molar refractivity (Wildman–Crippen MR) is 72.3 cm³/mol. The van der Waals surface area contributed by atoms with Gasteiger partial charge in [-0.05, 0) is 39.0 Å². The number of amides is 1. The highest BCUT2D eigenvalue weighted by Crippen LogP contribution is 2.14. The Labute approximate surface area is 109 Å². The molecule has 1 amide bonds. The number of hydrogen-bond acceptors (Lipinski definition) is 4. The van der Waals surface area contributed by atoms with E-state index >= 15 is 0 Å². The fourth-order valence-electron chi connectivity index (χ4n) is 1.59. The van der Waals surface area contributed by atoms with Crippen LogP contribution in [0.15, 0.2) is 27.7 Å². The Morgan fingerprint density at radius 1 is 1.39 bits per heavy atom. The number of carbonyl (C=O) groups is 1. The molecule has 4 nitrogen and oxygen atoms in total. The molecule has 0 aromatic carbocycles. The average Bonchev–Trinajstić information content (AvgIpc) is 2.85. The zero-order chi connectivity index (χ0) is 13.1. The van der Waals surface area contributed by atoms with Crippen molar-refractivity contribution in [2.45, 2.75) is 20.8 Å². The molecule has 0 bridgehead atoms. The highest BCUT2D eigenvalue weighted by atomic mass is 32.1. The Hall–Kier alpha value is -1.88. The smallest absolute Gasteiger partial charge is 0.274 e. The average molecular weight is 262 g/mol. The number of nitrogens with one attached hydrogen (secondary N) is 1. The van der Waals surface area contributed by atoms with Gasteiger partial charge >= 0.3 is 0 Å². The summed E-state index contributed by atoms with van der Waals surface area (Å²) in [7, 11) is 0. The molecule has 2 aromatic rings. The second-order valence-electron chi connectivity index (χ2n) is 3.97. The van der Waals surface area contributed by atoms with E-state index in [-0.39, 0.29) is 5.91 Å². The minimum absolute atomic E-state index is 0.256. The summed E-state index contributed by atoms with van der Waals surface area (Å²) in [5, 5.41) is 3.93. The molecule has 0 radical (unpaired) electrons. The summed E-state index contributed by atoms with van der Waals surface area (Å²) in [5.41, 5.74) is 3.01. The lowest BCUT2D eigenvalue weighted by Crippen LogP contribution is -2.17. The van der Waals surface area contributed by atoms with Crippen LogP contribution in [0.25, 0.3) is 0 Å². The van der Waals surface area contributed by atoms with Crippen LogP contribution in [0.2, 0.25) is 0 Å². The van der Waals surface area contributed by atoms with Crippen molar-refractivity contribution >= 4 is 23.5 Å². The normalized spacial score (nSPS) is 11.1. The summed E-state index contributed by atoms with van der Waals surface area (Å²) in [6, 6.07) is 5.68. The van der Waals surface area contributed by atoms with E-state index in [0.717, 1.165) is 10.6 Å². The van der Waals surface area contributed by atoms with E-state index in [0.29, 0.717) is 11.3 Å². The lowest BCUT2D eigenvalue weighted by atomic mass is 10.2. The summed E-state index contributed by atoms with van der Waals surface area (Å²) < 4.78 is 5.29. The number of nitrogens with zero attached hydrogens (tertiary/aromatic N) is 1. The maximum Gasteiger partial charge on any atom is 0.274 e. The second kappa shape index (κ2) is 5.18. The van der Waals surface area contributed by atoms with Crippen LogP contribution >= 0.6 is 11.3 Å². The van der Waals surface area contributed by atoms with Crippen molar-refractivity contribution in [1.29, 1.82) is 0 Å². The molecule has 0 saturated carbocycles. The van der Waals surface area contributed by atoms with Crippen LogP contribution in [0, 0.1) is 20.8 Å². The monoisotopic (exact) mass is 262 g/mol. The number of hydrazone groups is 1. The van der Waals surface area contributed by atoms with E-state index < -0.39 is 0 Å². The van der Waals surface area contributed by atoms with Crippen molar-refractivity contribution in [2.75, 3.05) is 0 Å². The van der Waals surface area contributed by atoms with Gasteiger partial charge in [0.05, 0.1) is 11.8 Å².